The van der Waals surface area contributed by atoms with Gasteiger partial charge in [0, 0.05) is 26.2 Å². The summed E-state index contributed by atoms with van der Waals surface area (Å²) in [6.45, 7) is 0.515. The van der Waals surface area contributed by atoms with Gasteiger partial charge in [-0.25, -0.2) is 0 Å². The largest absolute Gasteiger partial charge is 0.496 e. The molecule has 2 aromatic rings. The maximum atomic E-state index is 11.7. The van der Waals surface area contributed by atoms with Crippen molar-refractivity contribution in [3.8, 4) is 5.75 Å². The highest BCUT2D eigenvalue weighted by Crippen LogP contribution is 2.18. The fraction of sp³-hybridized carbons (Fsp3) is 0.286. The second kappa shape index (κ2) is 7.25. The maximum Gasteiger partial charge on any atom is 0.302 e. The number of rotatable bonds is 7. The van der Waals surface area contributed by atoms with Crippen LogP contribution in [0.5, 0.6) is 5.75 Å². The molecular formula is C14H19N5O3S. The van der Waals surface area contributed by atoms with Crippen LogP contribution in [-0.4, -0.2) is 44.1 Å². The molecule has 8 nitrogen and oxygen atoms in total. The molecule has 0 saturated carbocycles. The Balaban J connectivity index is 2.00. The summed E-state index contributed by atoms with van der Waals surface area (Å²) in [4.78, 5) is 0. The van der Waals surface area contributed by atoms with Crippen LogP contribution in [0, 0.1) is 0 Å². The number of hydrogen-bond donors (Lipinski definition) is 2. The molecule has 0 radical (unpaired) electrons. The third-order valence-corrected chi connectivity index (χ3v) is 4.46. The molecule has 0 unspecified atom stereocenters. The van der Waals surface area contributed by atoms with E-state index in [0.29, 0.717) is 12.4 Å². The van der Waals surface area contributed by atoms with Gasteiger partial charge in [-0.05, 0) is 18.2 Å². The standard InChI is InChI=1S/C14H19N5O3S/c1-19(2)23(20,21)18-14-9-8-13(16-17-14)15-10-11-6-4-5-7-12(11)22-3/h4-9H,10H2,1-3H3,(H,15,16)(H,17,18). The van der Waals surface area contributed by atoms with E-state index < -0.39 is 10.2 Å². The second-order valence-corrected chi connectivity index (χ2v) is 6.74. The zero-order chi connectivity index (χ0) is 16.9. The lowest BCUT2D eigenvalue weighted by Crippen LogP contribution is -2.29. The predicted octanol–water partition coefficient (Wildman–Crippen LogP) is 1.32. The Morgan fingerprint density at radius 1 is 1.09 bits per heavy atom. The second-order valence-electron chi connectivity index (χ2n) is 4.86. The van der Waals surface area contributed by atoms with Crippen LogP contribution in [0.4, 0.5) is 11.6 Å². The predicted molar refractivity (Wildman–Crippen MR) is 88.6 cm³/mol. The Bertz CT molecular complexity index is 747. The van der Waals surface area contributed by atoms with Gasteiger partial charge in [0.25, 0.3) is 0 Å². The number of anilines is 2. The molecule has 1 aromatic carbocycles. The number of methoxy groups -OCH3 is 1. The van der Waals surface area contributed by atoms with E-state index in [1.54, 1.807) is 19.2 Å². The van der Waals surface area contributed by atoms with E-state index in [-0.39, 0.29) is 5.82 Å². The van der Waals surface area contributed by atoms with Crippen molar-refractivity contribution < 1.29 is 13.2 Å². The van der Waals surface area contributed by atoms with Crippen molar-refractivity contribution in [3.63, 3.8) is 0 Å². The minimum atomic E-state index is -3.58. The van der Waals surface area contributed by atoms with Crippen molar-refractivity contribution in [1.29, 1.82) is 0 Å². The number of hydrogen-bond acceptors (Lipinski definition) is 6. The third-order valence-electron chi connectivity index (χ3n) is 3.03. The molecule has 0 aliphatic heterocycles. The van der Waals surface area contributed by atoms with Crippen molar-refractivity contribution in [2.75, 3.05) is 31.2 Å². The normalized spacial score (nSPS) is 11.3. The summed E-state index contributed by atoms with van der Waals surface area (Å²) in [7, 11) is 0.890. The van der Waals surface area contributed by atoms with Gasteiger partial charge >= 0.3 is 10.2 Å². The first-order chi connectivity index (χ1) is 10.9. The molecule has 0 atom stereocenters. The van der Waals surface area contributed by atoms with E-state index in [0.717, 1.165) is 15.6 Å². The Kier molecular flexibility index (Phi) is 5.35. The van der Waals surface area contributed by atoms with Gasteiger partial charge in [-0.1, -0.05) is 18.2 Å². The molecule has 0 aliphatic rings. The monoisotopic (exact) mass is 337 g/mol. The van der Waals surface area contributed by atoms with Crippen LogP contribution in [0.15, 0.2) is 36.4 Å². The van der Waals surface area contributed by atoms with Crippen molar-refractivity contribution in [2.45, 2.75) is 6.54 Å². The highest BCUT2D eigenvalue weighted by atomic mass is 32.2. The van der Waals surface area contributed by atoms with E-state index in [1.807, 2.05) is 24.3 Å². The highest BCUT2D eigenvalue weighted by molar-refractivity contribution is 7.90. The van der Waals surface area contributed by atoms with Crippen molar-refractivity contribution in [1.82, 2.24) is 14.5 Å². The summed E-state index contributed by atoms with van der Waals surface area (Å²) in [6.07, 6.45) is 0. The van der Waals surface area contributed by atoms with Crippen molar-refractivity contribution >= 4 is 21.8 Å². The van der Waals surface area contributed by atoms with Crippen LogP contribution >= 0.6 is 0 Å². The molecule has 0 spiro atoms. The summed E-state index contributed by atoms with van der Waals surface area (Å²) < 4.78 is 32.0. The number of para-hydroxylation sites is 1. The molecule has 2 N–H and O–H groups in total. The van der Waals surface area contributed by atoms with Crippen molar-refractivity contribution in [3.05, 3.63) is 42.0 Å². The van der Waals surface area contributed by atoms with Gasteiger partial charge in [0.15, 0.2) is 5.82 Å². The van der Waals surface area contributed by atoms with E-state index >= 15 is 0 Å². The zero-order valence-corrected chi connectivity index (χ0v) is 14.0. The van der Waals surface area contributed by atoms with Gasteiger partial charge in [0.2, 0.25) is 0 Å². The Hall–Kier alpha value is -2.39. The van der Waals surface area contributed by atoms with Crippen LogP contribution in [0.25, 0.3) is 0 Å². The molecule has 0 amide bonds. The van der Waals surface area contributed by atoms with E-state index in [4.69, 9.17) is 4.74 Å². The molecular weight excluding hydrogens is 318 g/mol. The van der Waals surface area contributed by atoms with Crippen LogP contribution in [-0.2, 0) is 16.8 Å². The van der Waals surface area contributed by atoms with Crippen LogP contribution in [0.1, 0.15) is 5.56 Å². The minimum Gasteiger partial charge on any atom is -0.496 e. The summed E-state index contributed by atoms with van der Waals surface area (Å²) in [5, 5.41) is 10.9. The quantitative estimate of drug-likeness (QED) is 0.791. The number of nitrogens with zero attached hydrogens (tertiary/aromatic N) is 3. The Morgan fingerprint density at radius 2 is 1.74 bits per heavy atom. The van der Waals surface area contributed by atoms with Crippen molar-refractivity contribution in [2.24, 2.45) is 0 Å². The number of nitrogens with one attached hydrogen (secondary N) is 2. The molecule has 23 heavy (non-hydrogen) atoms. The molecule has 0 saturated heterocycles. The topological polar surface area (TPSA) is 96.5 Å². The van der Waals surface area contributed by atoms with Crippen LogP contribution in [0.2, 0.25) is 0 Å². The summed E-state index contributed by atoms with van der Waals surface area (Å²) in [5.41, 5.74) is 0.981. The molecule has 0 bridgehead atoms. The molecule has 124 valence electrons. The summed E-state index contributed by atoms with van der Waals surface area (Å²) in [6, 6.07) is 10.8. The van der Waals surface area contributed by atoms with Crippen LogP contribution in [0.3, 0.4) is 0 Å². The van der Waals surface area contributed by atoms with Gasteiger partial charge in [-0.2, -0.15) is 12.7 Å². The van der Waals surface area contributed by atoms with Gasteiger partial charge in [-0.3, -0.25) is 4.72 Å². The number of aromatic nitrogens is 2. The van der Waals surface area contributed by atoms with Gasteiger partial charge in [-0.15, -0.1) is 10.2 Å². The molecule has 0 fully saturated rings. The van der Waals surface area contributed by atoms with Gasteiger partial charge in [0.05, 0.1) is 7.11 Å². The van der Waals surface area contributed by atoms with Gasteiger partial charge < -0.3 is 10.1 Å². The molecule has 0 aliphatic carbocycles. The minimum absolute atomic E-state index is 0.154. The first-order valence-corrected chi connectivity index (χ1v) is 8.26. The summed E-state index contributed by atoms with van der Waals surface area (Å²) >= 11 is 0. The average molecular weight is 337 g/mol. The zero-order valence-electron chi connectivity index (χ0n) is 13.1. The smallest absolute Gasteiger partial charge is 0.302 e. The molecule has 1 heterocycles. The molecule has 9 heteroatoms. The van der Waals surface area contributed by atoms with E-state index in [2.05, 4.69) is 20.2 Å². The highest BCUT2D eigenvalue weighted by Gasteiger charge is 2.13. The number of benzene rings is 1. The maximum absolute atomic E-state index is 11.7. The molecule has 2 rings (SSSR count). The first kappa shape index (κ1) is 17.0. The molecule has 1 aromatic heterocycles. The summed E-state index contributed by atoms with van der Waals surface area (Å²) in [5.74, 6) is 1.47. The third kappa shape index (κ3) is 4.54. The van der Waals surface area contributed by atoms with E-state index in [1.165, 1.54) is 14.1 Å². The van der Waals surface area contributed by atoms with Gasteiger partial charge in [0.1, 0.15) is 11.6 Å². The first-order valence-electron chi connectivity index (χ1n) is 6.82. The lowest BCUT2D eigenvalue weighted by molar-refractivity contribution is 0.410. The lowest BCUT2D eigenvalue weighted by atomic mass is 10.2. The van der Waals surface area contributed by atoms with E-state index in [9.17, 15) is 8.42 Å². The Morgan fingerprint density at radius 3 is 2.35 bits per heavy atom. The lowest BCUT2D eigenvalue weighted by Gasteiger charge is -2.13. The SMILES string of the molecule is COc1ccccc1CNc1ccc(NS(=O)(=O)N(C)C)nn1. The average Bonchev–Trinajstić information content (AvgIpc) is 2.54. The fourth-order valence-corrected chi connectivity index (χ4v) is 2.29. The number of ether oxygens (including phenoxy) is 1. The fourth-order valence-electron chi connectivity index (χ4n) is 1.74. The van der Waals surface area contributed by atoms with Crippen LogP contribution < -0.4 is 14.8 Å². The Labute approximate surface area is 135 Å².